The number of rotatable bonds is 7. The van der Waals surface area contributed by atoms with Gasteiger partial charge in [-0.15, -0.1) is 0 Å². The summed E-state index contributed by atoms with van der Waals surface area (Å²) in [5.41, 5.74) is 0.164. The van der Waals surface area contributed by atoms with Crippen LogP contribution in [0.3, 0.4) is 0 Å². The summed E-state index contributed by atoms with van der Waals surface area (Å²) in [6.07, 6.45) is 4.03. The van der Waals surface area contributed by atoms with Gasteiger partial charge in [-0.2, -0.15) is 8.78 Å². The standard InChI is InChI=1S/C20H25F2NO4/c1-11(17-10-13-3-4-15(17)9-13)23-18(24)12(2)26-19(25)14-5-7-16(8-6-14)27-20(21)22/h5-8,11-13,15,17,20H,3-4,9-10H2,1-2H3,(H,23,24). The lowest BCUT2D eigenvalue weighted by molar-refractivity contribution is -0.130. The van der Waals surface area contributed by atoms with E-state index < -0.39 is 18.7 Å². The first-order valence-electron chi connectivity index (χ1n) is 9.39. The van der Waals surface area contributed by atoms with E-state index in [4.69, 9.17) is 4.74 Å². The van der Waals surface area contributed by atoms with E-state index >= 15 is 0 Å². The van der Waals surface area contributed by atoms with Gasteiger partial charge in [-0.25, -0.2) is 4.79 Å². The van der Waals surface area contributed by atoms with E-state index in [9.17, 15) is 18.4 Å². The molecule has 2 fully saturated rings. The van der Waals surface area contributed by atoms with Crippen molar-refractivity contribution in [1.82, 2.24) is 5.32 Å². The zero-order valence-corrected chi connectivity index (χ0v) is 15.5. The summed E-state index contributed by atoms with van der Waals surface area (Å²) in [5, 5.41) is 2.97. The van der Waals surface area contributed by atoms with Crippen molar-refractivity contribution in [2.75, 3.05) is 0 Å². The minimum Gasteiger partial charge on any atom is -0.449 e. The molecular weight excluding hydrogens is 356 g/mol. The lowest BCUT2D eigenvalue weighted by atomic mass is 9.84. The molecule has 1 aromatic carbocycles. The number of ether oxygens (including phenoxy) is 2. The molecule has 2 aliphatic rings. The summed E-state index contributed by atoms with van der Waals surface area (Å²) < 4.78 is 33.7. The molecule has 0 spiro atoms. The van der Waals surface area contributed by atoms with Gasteiger partial charge in [-0.1, -0.05) is 6.42 Å². The second-order valence-corrected chi connectivity index (χ2v) is 7.59. The summed E-state index contributed by atoms with van der Waals surface area (Å²) in [6, 6.07) is 5.21. The molecule has 5 atom stereocenters. The highest BCUT2D eigenvalue weighted by atomic mass is 19.3. The van der Waals surface area contributed by atoms with Crippen molar-refractivity contribution in [2.24, 2.45) is 17.8 Å². The maximum atomic E-state index is 12.4. The van der Waals surface area contributed by atoms with Gasteiger partial charge in [0.25, 0.3) is 5.91 Å². The molecule has 2 bridgehead atoms. The smallest absolute Gasteiger partial charge is 0.387 e. The molecule has 27 heavy (non-hydrogen) atoms. The molecule has 5 unspecified atom stereocenters. The third-order valence-corrected chi connectivity index (χ3v) is 5.77. The van der Waals surface area contributed by atoms with Crippen LogP contribution >= 0.6 is 0 Å². The molecule has 148 valence electrons. The Kier molecular flexibility index (Phi) is 5.97. The van der Waals surface area contributed by atoms with Crippen LogP contribution in [0.1, 0.15) is 49.9 Å². The number of amides is 1. The van der Waals surface area contributed by atoms with E-state index in [1.807, 2.05) is 6.92 Å². The van der Waals surface area contributed by atoms with Crippen LogP contribution in [0.15, 0.2) is 24.3 Å². The number of carbonyl (C=O) groups excluding carboxylic acids is 2. The second-order valence-electron chi connectivity index (χ2n) is 7.59. The highest BCUT2D eigenvalue weighted by Gasteiger charge is 2.42. The molecule has 0 radical (unpaired) electrons. The van der Waals surface area contributed by atoms with E-state index in [1.165, 1.54) is 50.5 Å². The lowest BCUT2D eigenvalue weighted by Crippen LogP contribution is -2.45. The largest absolute Gasteiger partial charge is 0.449 e. The number of hydrogen-bond acceptors (Lipinski definition) is 4. The van der Waals surface area contributed by atoms with Crippen LogP contribution < -0.4 is 10.1 Å². The van der Waals surface area contributed by atoms with Gasteiger partial charge in [-0.3, -0.25) is 4.79 Å². The first-order valence-corrected chi connectivity index (χ1v) is 9.39. The summed E-state index contributed by atoms with van der Waals surface area (Å²) in [4.78, 5) is 24.5. The van der Waals surface area contributed by atoms with E-state index in [2.05, 4.69) is 10.1 Å². The second kappa shape index (κ2) is 8.23. The zero-order chi connectivity index (χ0) is 19.6. The predicted molar refractivity (Wildman–Crippen MR) is 94.5 cm³/mol. The Morgan fingerprint density at radius 2 is 1.81 bits per heavy atom. The number of nitrogens with one attached hydrogen (secondary N) is 1. The molecule has 2 saturated carbocycles. The van der Waals surface area contributed by atoms with Crippen LogP contribution in [0.5, 0.6) is 5.75 Å². The maximum Gasteiger partial charge on any atom is 0.387 e. The predicted octanol–water partition coefficient (Wildman–Crippen LogP) is 3.77. The minimum atomic E-state index is -2.93. The molecule has 2 aliphatic carbocycles. The topological polar surface area (TPSA) is 64.6 Å². The van der Waals surface area contributed by atoms with Crippen LogP contribution in [0.4, 0.5) is 8.78 Å². The normalized spacial score (nSPS) is 25.9. The maximum absolute atomic E-state index is 12.4. The summed E-state index contributed by atoms with van der Waals surface area (Å²) >= 11 is 0. The van der Waals surface area contributed by atoms with Gasteiger partial charge in [0, 0.05) is 6.04 Å². The van der Waals surface area contributed by atoms with Crippen LogP contribution in [0, 0.1) is 17.8 Å². The van der Waals surface area contributed by atoms with Crippen molar-refractivity contribution in [3.05, 3.63) is 29.8 Å². The fraction of sp³-hybridized carbons (Fsp3) is 0.600. The Morgan fingerprint density at radius 3 is 2.37 bits per heavy atom. The number of alkyl halides is 2. The first kappa shape index (κ1) is 19.6. The molecule has 0 heterocycles. The van der Waals surface area contributed by atoms with Gasteiger partial charge in [-0.05, 0) is 75.1 Å². The third kappa shape index (κ3) is 4.76. The van der Waals surface area contributed by atoms with Crippen molar-refractivity contribution >= 4 is 11.9 Å². The molecule has 0 saturated heterocycles. The van der Waals surface area contributed by atoms with Crippen molar-refractivity contribution in [3.8, 4) is 5.75 Å². The number of carbonyl (C=O) groups is 2. The summed E-state index contributed by atoms with van der Waals surface area (Å²) in [7, 11) is 0. The molecule has 1 aromatic rings. The first-order chi connectivity index (χ1) is 12.8. The van der Waals surface area contributed by atoms with Crippen LogP contribution in [-0.4, -0.2) is 30.6 Å². The van der Waals surface area contributed by atoms with Gasteiger partial charge < -0.3 is 14.8 Å². The number of esters is 1. The zero-order valence-electron chi connectivity index (χ0n) is 15.5. The monoisotopic (exact) mass is 381 g/mol. The third-order valence-electron chi connectivity index (χ3n) is 5.77. The van der Waals surface area contributed by atoms with Crippen molar-refractivity contribution in [3.63, 3.8) is 0 Å². The fourth-order valence-corrected chi connectivity index (χ4v) is 4.41. The van der Waals surface area contributed by atoms with Crippen molar-refractivity contribution in [1.29, 1.82) is 0 Å². The molecule has 0 aliphatic heterocycles. The Morgan fingerprint density at radius 1 is 1.11 bits per heavy atom. The van der Waals surface area contributed by atoms with E-state index in [-0.39, 0.29) is 23.3 Å². The molecule has 1 N–H and O–H groups in total. The molecular formula is C20H25F2NO4. The van der Waals surface area contributed by atoms with Crippen molar-refractivity contribution in [2.45, 2.75) is 58.3 Å². The Balaban J connectivity index is 1.49. The number of hydrogen-bond donors (Lipinski definition) is 1. The molecule has 0 aromatic heterocycles. The Labute approximate surface area is 157 Å². The van der Waals surface area contributed by atoms with Crippen LogP contribution in [0.2, 0.25) is 0 Å². The number of halogens is 2. The average molecular weight is 381 g/mol. The average Bonchev–Trinajstić information content (AvgIpc) is 3.25. The fourth-order valence-electron chi connectivity index (χ4n) is 4.41. The van der Waals surface area contributed by atoms with E-state index in [0.717, 1.165) is 12.3 Å². The van der Waals surface area contributed by atoms with E-state index in [0.29, 0.717) is 11.8 Å². The minimum absolute atomic E-state index is 0.0490. The van der Waals surface area contributed by atoms with E-state index in [1.54, 1.807) is 0 Å². The van der Waals surface area contributed by atoms with Gasteiger partial charge in [0.15, 0.2) is 6.10 Å². The molecule has 7 heteroatoms. The van der Waals surface area contributed by atoms with Gasteiger partial charge in [0.1, 0.15) is 5.75 Å². The van der Waals surface area contributed by atoms with Gasteiger partial charge in [0.05, 0.1) is 5.56 Å². The highest BCUT2D eigenvalue weighted by Crippen LogP contribution is 2.49. The lowest BCUT2D eigenvalue weighted by Gasteiger charge is -2.29. The van der Waals surface area contributed by atoms with Gasteiger partial charge in [0.2, 0.25) is 0 Å². The Hall–Kier alpha value is -2.18. The Bertz CT molecular complexity index is 679. The van der Waals surface area contributed by atoms with Crippen molar-refractivity contribution < 1.29 is 27.8 Å². The summed E-state index contributed by atoms with van der Waals surface area (Å²) in [5.74, 6) is 0.930. The summed E-state index contributed by atoms with van der Waals surface area (Å²) in [6.45, 7) is 0.609. The molecule has 1 amide bonds. The molecule has 5 nitrogen and oxygen atoms in total. The SMILES string of the molecule is CC(OC(=O)c1ccc(OC(F)F)cc1)C(=O)NC(C)C1CC2CCC1C2. The number of benzene rings is 1. The van der Waals surface area contributed by atoms with Crippen LogP contribution in [-0.2, 0) is 9.53 Å². The molecule has 3 rings (SSSR count). The van der Waals surface area contributed by atoms with Gasteiger partial charge >= 0.3 is 12.6 Å². The number of fused-ring (bicyclic) bond motifs is 2. The quantitative estimate of drug-likeness (QED) is 0.730. The van der Waals surface area contributed by atoms with Crippen LogP contribution in [0.25, 0.3) is 0 Å². The highest BCUT2D eigenvalue weighted by molar-refractivity contribution is 5.92.